The molecule has 0 radical (unpaired) electrons. The van der Waals surface area contributed by atoms with Crippen LogP contribution in [0.25, 0.3) is 11.3 Å². The summed E-state index contributed by atoms with van der Waals surface area (Å²) in [5, 5.41) is 10.6. The minimum atomic E-state index is -0.513. The fourth-order valence-electron chi connectivity index (χ4n) is 2.66. The highest BCUT2D eigenvalue weighted by Crippen LogP contribution is 2.40. The molecule has 1 aliphatic rings. The third-order valence-electron chi connectivity index (χ3n) is 3.73. The molecule has 1 aromatic heterocycles. The fraction of sp³-hybridized carbons (Fsp3) is 0.333. The highest BCUT2D eigenvalue weighted by Gasteiger charge is 2.22. The Bertz CT molecular complexity index is 681. The first-order valence-corrected chi connectivity index (χ1v) is 7.47. The summed E-state index contributed by atoms with van der Waals surface area (Å²) in [6, 6.07) is 6.28. The third kappa shape index (κ3) is 2.27. The van der Waals surface area contributed by atoms with Crippen LogP contribution in [0.1, 0.15) is 42.2 Å². The van der Waals surface area contributed by atoms with Gasteiger partial charge in [0.05, 0.1) is 10.6 Å². The molecule has 102 valence electrons. The molecule has 3 rings (SSSR count). The second-order valence-electron chi connectivity index (χ2n) is 5.05. The molecular formula is C15H14FN3S. The molecule has 0 atom stereocenters. The summed E-state index contributed by atoms with van der Waals surface area (Å²) in [6.07, 6.45) is 4.82. The summed E-state index contributed by atoms with van der Waals surface area (Å²) in [7, 11) is 0. The molecule has 1 aliphatic carbocycles. The fourth-order valence-corrected chi connectivity index (χ4v) is 3.69. The summed E-state index contributed by atoms with van der Waals surface area (Å²) in [5.41, 5.74) is 7.46. The van der Waals surface area contributed by atoms with Crippen molar-refractivity contribution in [1.82, 2.24) is 4.98 Å². The van der Waals surface area contributed by atoms with Gasteiger partial charge in [-0.05, 0) is 31.0 Å². The van der Waals surface area contributed by atoms with Crippen molar-refractivity contribution in [1.29, 1.82) is 5.26 Å². The lowest BCUT2D eigenvalue weighted by Crippen LogP contribution is -1.92. The number of thiazole rings is 1. The predicted molar refractivity (Wildman–Crippen MR) is 77.8 cm³/mol. The van der Waals surface area contributed by atoms with Crippen molar-refractivity contribution in [2.45, 2.75) is 31.6 Å². The highest BCUT2D eigenvalue weighted by atomic mass is 32.1. The Kier molecular flexibility index (Phi) is 3.41. The lowest BCUT2D eigenvalue weighted by molar-refractivity contribution is 0.624. The van der Waals surface area contributed by atoms with Gasteiger partial charge in [0.15, 0.2) is 0 Å². The van der Waals surface area contributed by atoms with E-state index in [0.717, 1.165) is 5.01 Å². The van der Waals surface area contributed by atoms with E-state index in [4.69, 9.17) is 11.0 Å². The van der Waals surface area contributed by atoms with Gasteiger partial charge < -0.3 is 5.73 Å². The average molecular weight is 287 g/mol. The summed E-state index contributed by atoms with van der Waals surface area (Å²) in [6.45, 7) is 0. The molecule has 0 aliphatic heterocycles. The molecule has 2 aromatic rings. The van der Waals surface area contributed by atoms with Gasteiger partial charge in [0.2, 0.25) is 0 Å². The molecule has 1 aromatic carbocycles. The van der Waals surface area contributed by atoms with Gasteiger partial charge in [-0.15, -0.1) is 11.3 Å². The molecule has 1 fully saturated rings. The molecule has 0 spiro atoms. The smallest absolute Gasteiger partial charge is 0.140 e. The lowest BCUT2D eigenvalue weighted by Gasteiger charge is -2.03. The van der Waals surface area contributed by atoms with Crippen LogP contribution in [0.2, 0.25) is 0 Å². The van der Waals surface area contributed by atoms with E-state index in [9.17, 15) is 4.39 Å². The van der Waals surface area contributed by atoms with Gasteiger partial charge in [0.25, 0.3) is 0 Å². The Balaban J connectivity index is 2.00. The zero-order valence-electron chi connectivity index (χ0n) is 10.9. The minimum Gasteiger partial charge on any atom is -0.389 e. The van der Waals surface area contributed by atoms with E-state index in [1.807, 2.05) is 6.07 Å². The first-order valence-electron chi connectivity index (χ1n) is 6.65. The minimum absolute atomic E-state index is 0.0253. The van der Waals surface area contributed by atoms with Gasteiger partial charge in [-0.25, -0.2) is 9.37 Å². The van der Waals surface area contributed by atoms with Crippen molar-refractivity contribution in [3.05, 3.63) is 34.6 Å². The van der Waals surface area contributed by atoms with Crippen LogP contribution in [-0.4, -0.2) is 4.98 Å². The van der Waals surface area contributed by atoms with Gasteiger partial charge in [-0.3, -0.25) is 0 Å². The molecular weight excluding hydrogens is 273 g/mol. The van der Waals surface area contributed by atoms with Gasteiger partial charge in [0.1, 0.15) is 22.6 Å². The number of rotatable bonds is 2. The number of nitrogens with zero attached hydrogens (tertiary/aromatic N) is 2. The molecule has 3 nitrogen and oxygen atoms in total. The molecule has 5 heteroatoms. The van der Waals surface area contributed by atoms with Crippen LogP contribution in [0.4, 0.5) is 9.39 Å². The monoisotopic (exact) mass is 287 g/mol. The summed E-state index contributed by atoms with van der Waals surface area (Å²) < 4.78 is 13.4. The molecule has 1 heterocycles. The second-order valence-corrected chi connectivity index (χ2v) is 6.11. The van der Waals surface area contributed by atoms with Crippen LogP contribution in [0.15, 0.2) is 18.2 Å². The van der Waals surface area contributed by atoms with Gasteiger partial charge in [0, 0.05) is 11.5 Å². The van der Waals surface area contributed by atoms with Crippen molar-refractivity contribution < 1.29 is 4.39 Å². The SMILES string of the molecule is N#Cc1cc(-c2nc(C3CCCC3)sc2N)ccc1F. The molecule has 20 heavy (non-hydrogen) atoms. The van der Waals surface area contributed by atoms with Crippen LogP contribution in [-0.2, 0) is 0 Å². The molecule has 0 saturated heterocycles. The number of nitriles is 1. The van der Waals surface area contributed by atoms with E-state index in [1.165, 1.54) is 49.2 Å². The summed E-state index contributed by atoms with van der Waals surface area (Å²) >= 11 is 1.51. The topological polar surface area (TPSA) is 62.7 Å². The van der Waals surface area contributed by atoms with Crippen LogP contribution in [0.3, 0.4) is 0 Å². The number of nitrogen functional groups attached to an aromatic ring is 1. The van der Waals surface area contributed by atoms with Crippen molar-refractivity contribution in [3.8, 4) is 17.3 Å². The van der Waals surface area contributed by atoms with E-state index in [1.54, 1.807) is 6.07 Å². The zero-order valence-corrected chi connectivity index (χ0v) is 11.7. The van der Waals surface area contributed by atoms with Gasteiger partial charge >= 0.3 is 0 Å². The van der Waals surface area contributed by atoms with E-state index in [0.29, 0.717) is 22.2 Å². The number of hydrogen-bond acceptors (Lipinski definition) is 4. The Morgan fingerprint density at radius 2 is 2.10 bits per heavy atom. The quantitative estimate of drug-likeness (QED) is 0.906. The van der Waals surface area contributed by atoms with E-state index in [-0.39, 0.29) is 5.56 Å². The predicted octanol–water partition coefficient (Wildman–Crippen LogP) is 4.06. The molecule has 0 unspecified atom stereocenters. The van der Waals surface area contributed by atoms with Crippen LogP contribution < -0.4 is 5.73 Å². The van der Waals surface area contributed by atoms with E-state index < -0.39 is 5.82 Å². The Labute approximate surface area is 120 Å². The number of hydrogen-bond donors (Lipinski definition) is 1. The first-order chi connectivity index (χ1) is 9.69. The highest BCUT2D eigenvalue weighted by molar-refractivity contribution is 7.16. The average Bonchev–Trinajstić information content (AvgIpc) is 3.08. The Morgan fingerprint density at radius 3 is 2.80 bits per heavy atom. The maximum atomic E-state index is 13.4. The first kappa shape index (κ1) is 13.1. The summed E-state index contributed by atoms with van der Waals surface area (Å²) in [4.78, 5) is 4.63. The second kappa shape index (κ2) is 5.22. The van der Waals surface area contributed by atoms with Crippen molar-refractivity contribution in [3.63, 3.8) is 0 Å². The summed E-state index contributed by atoms with van der Waals surface area (Å²) in [5.74, 6) is -0.00648. The van der Waals surface area contributed by atoms with Crippen molar-refractivity contribution in [2.75, 3.05) is 5.73 Å². The lowest BCUT2D eigenvalue weighted by atomic mass is 10.1. The zero-order chi connectivity index (χ0) is 14.1. The van der Waals surface area contributed by atoms with E-state index >= 15 is 0 Å². The van der Waals surface area contributed by atoms with Gasteiger partial charge in [-0.2, -0.15) is 5.26 Å². The number of benzene rings is 1. The third-order valence-corrected chi connectivity index (χ3v) is 4.78. The molecule has 2 N–H and O–H groups in total. The Hall–Kier alpha value is -1.93. The number of anilines is 1. The normalized spacial score (nSPS) is 15.4. The molecule has 0 bridgehead atoms. The molecule has 1 saturated carbocycles. The standard InChI is InChI=1S/C15H14FN3S/c16-12-6-5-10(7-11(12)8-17)13-14(18)20-15(19-13)9-3-1-2-4-9/h5-7,9H,1-4,18H2. The maximum absolute atomic E-state index is 13.4. The van der Waals surface area contributed by atoms with Crippen LogP contribution >= 0.6 is 11.3 Å². The van der Waals surface area contributed by atoms with Crippen LogP contribution in [0.5, 0.6) is 0 Å². The Morgan fingerprint density at radius 1 is 1.35 bits per heavy atom. The largest absolute Gasteiger partial charge is 0.389 e. The van der Waals surface area contributed by atoms with E-state index in [2.05, 4.69) is 4.98 Å². The number of halogens is 1. The maximum Gasteiger partial charge on any atom is 0.140 e. The number of nitrogens with two attached hydrogens (primary N) is 1. The number of aromatic nitrogens is 1. The van der Waals surface area contributed by atoms with Crippen molar-refractivity contribution >= 4 is 16.3 Å². The van der Waals surface area contributed by atoms with Gasteiger partial charge in [-0.1, -0.05) is 12.8 Å². The molecule has 0 amide bonds. The van der Waals surface area contributed by atoms with Crippen LogP contribution in [0, 0.1) is 17.1 Å². The van der Waals surface area contributed by atoms with Crippen molar-refractivity contribution in [2.24, 2.45) is 0 Å².